The van der Waals surface area contributed by atoms with Gasteiger partial charge in [-0.1, -0.05) is 12.1 Å². The first-order valence-electron chi connectivity index (χ1n) is 11.9. The average Bonchev–Trinajstić information content (AvgIpc) is 3.19. The largest absolute Gasteiger partial charge is 0.507 e. The Balaban J connectivity index is 1.88. The van der Waals surface area contributed by atoms with Crippen LogP contribution in [0.15, 0.2) is 72.3 Å². The molecule has 0 saturated carbocycles. The number of anilines is 1. The first kappa shape index (κ1) is 25.6. The third kappa shape index (κ3) is 4.95. The molecule has 1 N–H and O–H groups in total. The van der Waals surface area contributed by atoms with Crippen LogP contribution in [0.3, 0.4) is 0 Å². The smallest absolute Gasteiger partial charge is 0.300 e. The van der Waals surface area contributed by atoms with E-state index in [9.17, 15) is 14.7 Å². The highest BCUT2D eigenvalue weighted by Gasteiger charge is 2.47. The molecule has 3 aromatic carbocycles. The summed E-state index contributed by atoms with van der Waals surface area (Å²) in [6.07, 6.45) is 0. The predicted molar refractivity (Wildman–Crippen MR) is 140 cm³/mol. The molecule has 1 amide bonds. The molecule has 3 aromatic rings. The Morgan fingerprint density at radius 3 is 1.92 bits per heavy atom. The van der Waals surface area contributed by atoms with Crippen LogP contribution < -0.4 is 23.8 Å². The van der Waals surface area contributed by atoms with Crippen LogP contribution in [0, 0.1) is 0 Å². The van der Waals surface area contributed by atoms with Crippen LogP contribution in [0.25, 0.3) is 5.76 Å². The monoisotopic (exact) mass is 503 g/mol. The number of ether oxygens (including phenoxy) is 4. The van der Waals surface area contributed by atoms with Crippen molar-refractivity contribution < 1.29 is 33.6 Å². The highest BCUT2D eigenvalue weighted by atomic mass is 16.5. The van der Waals surface area contributed by atoms with Gasteiger partial charge in [-0.15, -0.1) is 0 Å². The van der Waals surface area contributed by atoms with E-state index in [-0.39, 0.29) is 11.3 Å². The molecule has 1 atom stereocenters. The first-order chi connectivity index (χ1) is 17.9. The van der Waals surface area contributed by atoms with Crippen molar-refractivity contribution in [2.75, 3.05) is 32.3 Å². The van der Waals surface area contributed by atoms with Crippen molar-refractivity contribution >= 4 is 23.1 Å². The molecule has 192 valence electrons. The Kier molecular flexibility index (Phi) is 7.67. The molecule has 1 fully saturated rings. The minimum absolute atomic E-state index is 0.0322. The molecular formula is C29H29NO7. The number of hydrogen-bond acceptors (Lipinski definition) is 7. The van der Waals surface area contributed by atoms with Gasteiger partial charge in [-0.3, -0.25) is 14.5 Å². The minimum Gasteiger partial charge on any atom is -0.507 e. The van der Waals surface area contributed by atoms with E-state index < -0.39 is 17.7 Å². The van der Waals surface area contributed by atoms with Gasteiger partial charge in [0.15, 0.2) is 11.5 Å². The van der Waals surface area contributed by atoms with Gasteiger partial charge in [-0.05, 0) is 74.0 Å². The summed E-state index contributed by atoms with van der Waals surface area (Å²) in [7, 11) is 2.98. The number of methoxy groups -OCH3 is 2. The Labute approximate surface area is 215 Å². The molecule has 8 heteroatoms. The normalized spacial score (nSPS) is 16.5. The molecular weight excluding hydrogens is 474 g/mol. The third-order valence-electron chi connectivity index (χ3n) is 6.03. The number of ketones is 1. The molecule has 0 radical (unpaired) electrons. The molecule has 1 heterocycles. The fourth-order valence-electron chi connectivity index (χ4n) is 4.34. The lowest BCUT2D eigenvalue weighted by Crippen LogP contribution is -2.29. The number of carbonyl (C=O) groups is 2. The number of Topliss-reactive ketones (excluding diaryl/α,β-unsaturated/α-hetero) is 1. The van der Waals surface area contributed by atoms with Crippen LogP contribution in [0.1, 0.15) is 31.0 Å². The molecule has 1 unspecified atom stereocenters. The van der Waals surface area contributed by atoms with Crippen LogP contribution in [-0.2, 0) is 9.59 Å². The second kappa shape index (κ2) is 11.1. The Bertz CT molecular complexity index is 1310. The van der Waals surface area contributed by atoms with E-state index in [1.54, 1.807) is 66.7 Å². The van der Waals surface area contributed by atoms with Gasteiger partial charge in [0.1, 0.15) is 17.3 Å². The van der Waals surface area contributed by atoms with Gasteiger partial charge in [-0.25, -0.2) is 0 Å². The molecule has 4 rings (SSSR count). The van der Waals surface area contributed by atoms with Crippen LogP contribution in [-0.4, -0.2) is 44.2 Å². The van der Waals surface area contributed by atoms with Gasteiger partial charge in [0.2, 0.25) is 0 Å². The van der Waals surface area contributed by atoms with E-state index in [4.69, 9.17) is 18.9 Å². The second-order valence-corrected chi connectivity index (χ2v) is 8.17. The van der Waals surface area contributed by atoms with Gasteiger partial charge in [-0.2, -0.15) is 0 Å². The van der Waals surface area contributed by atoms with Crippen molar-refractivity contribution in [2.45, 2.75) is 19.9 Å². The SMILES string of the molecule is CCOc1ccc(C2/C(=C(/O)c3ccc(OC)c(OC)c3)C(=O)C(=O)N2c2ccc(OCC)cc2)cc1. The zero-order chi connectivity index (χ0) is 26.5. The summed E-state index contributed by atoms with van der Waals surface area (Å²) in [6.45, 7) is 4.77. The number of amides is 1. The Hall–Kier alpha value is -4.46. The van der Waals surface area contributed by atoms with Gasteiger partial charge >= 0.3 is 0 Å². The highest BCUT2D eigenvalue weighted by Crippen LogP contribution is 2.43. The molecule has 1 aliphatic rings. The zero-order valence-electron chi connectivity index (χ0n) is 21.2. The number of benzene rings is 3. The quantitative estimate of drug-likeness (QED) is 0.246. The van der Waals surface area contributed by atoms with Gasteiger partial charge in [0, 0.05) is 11.3 Å². The maximum Gasteiger partial charge on any atom is 0.300 e. The topological polar surface area (TPSA) is 94.5 Å². The van der Waals surface area contributed by atoms with Crippen LogP contribution in [0.5, 0.6) is 23.0 Å². The van der Waals surface area contributed by atoms with Crippen molar-refractivity contribution in [1.82, 2.24) is 0 Å². The lowest BCUT2D eigenvalue weighted by Gasteiger charge is -2.26. The van der Waals surface area contributed by atoms with Gasteiger partial charge < -0.3 is 24.1 Å². The molecule has 0 aromatic heterocycles. The first-order valence-corrected chi connectivity index (χ1v) is 11.9. The lowest BCUT2D eigenvalue weighted by molar-refractivity contribution is -0.132. The number of carbonyl (C=O) groups excluding carboxylic acids is 2. The number of rotatable bonds is 9. The summed E-state index contributed by atoms with van der Waals surface area (Å²) in [5.74, 6) is 0.300. The predicted octanol–water partition coefficient (Wildman–Crippen LogP) is 5.13. The fourth-order valence-corrected chi connectivity index (χ4v) is 4.34. The number of aliphatic hydroxyl groups is 1. The van der Waals surface area contributed by atoms with E-state index in [0.717, 1.165) is 0 Å². The summed E-state index contributed by atoms with van der Waals surface area (Å²) < 4.78 is 21.7. The van der Waals surface area contributed by atoms with Crippen LogP contribution in [0.4, 0.5) is 5.69 Å². The Morgan fingerprint density at radius 1 is 0.811 bits per heavy atom. The molecule has 0 bridgehead atoms. The van der Waals surface area contributed by atoms with Crippen molar-refractivity contribution in [3.63, 3.8) is 0 Å². The maximum atomic E-state index is 13.4. The lowest BCUT2D eigenvalue weighted by atomic mass is 9.95. The van der Waals surface area contributed by atoms with Crippen molar-refractivity contribution in [1.29, 1.82) is 0 Å². The number of aliphatic hydroxyl groups excluding tert-OH is 1. The zero-order valence-corrected chi connectivity index (χ0v) is 21.2. The summed E-state index contributed by atoms with van der Waals surface area (Å²) in [6, 6.07) is 17.9. The van der Waals surface area contributed by atoms with E-state index in [1.165, 1.54) is 19.1 Å². The van der Waals surface area contributed by atoms with Crippen molar-refractivity contribution in [3.05, 3.63) is 83.4 Å². The third-order valence-corrected chi connectivity index (χ3v) is 6.03. The second-order valence-electron chi connectivity index (χ2n) is 8.17. The number of hydrogen-bond donors (Lipinski definition) is 1. The summed E-state index contributed by atoms with van der Waals surface area (Å²) >= 11 is 0. The van der Waals surface area contributed by atoms with Crippen molar-refractivity contribution in [3.8, 4) is 23.0 Å². The van der Waals surface area contributed by atoms with Gasteiger partial charge in [0.25, 0.3) is 11.7 Å². The molecule has 37 heavy (non-hydrogen) atoms. The Morgan fingerprint density at radius 2 is 1.38 bits per heavy atom. The molecule has 1 aliphatic heterocycles. The highest BCUT2D eigenvalue weighted by molar-refractivity contribution is 6.51. The molecule has 0 aliphatic carbocycles. The summed E-state index contributed by atoms with van der Waals surface area (Å²) in [5, 5.41) is 11.4. The minimum atomic E-state index is -0.873. The maximum absolute atomic E-state index is 13.4. The molecule has 0 spiro atoms. The molecule has 1 saturated heterocycles. The summed E-state index contributed by atoms with van der Waals surface area (Å²) in [5.41, 5.74) is 1.42. The van der Waals surface area contributed by atoms with Crippen LogP contribution in [0.2, 0.25) is 0 Å². The molecule has 8 nitrogen and oxygen atoms in total. The summed E-state index contributed by atoms with van der Waals surface area (Å²) in [4.78, 5) is 28.1. The number of nitrogens with zero attached hydrogens (tertiary/aromatic N) is 1. The van der Waals surface area contributed by atoms with Crippen LogP contribution >= 0.6 is 0 Å². The van der Waals surface area contributed by atoms with E-state index in [1.807, 2.05) is 13.8 Å². The average molecular weight is 504 g/mol. The van der Waals surface area contributed by atoms with Gasteiger partial charge in [0.05, 0.1) is 39.0 Å². The van der Waals surface area contributed by atoms with E-state index in [2.05, 4.69) is 0 Å². The fraction of sp³-hybridized carbons (Fsp3) is 0.241. The van der Waals surface area contributed by atoms with Crippen molar-refractivity contribution in [2.24, 2.45) is 0 Å². The van der Waals surface area contributed by atoms with E-state index in [0.29, 0.717) is 53.0 Å². The standard InChI is InChI=1S/C29H29NO7/c1-5-36-21-12-7-18(8-13-21)26-25(27(31)19-9-16-23(34-3)24(17-19)35-4)28(32)29(33)30(26)20-10-14-22(15-11-20)37-6-2/h7-17,26,31H,5-6H2,1-4H3/b27-25-. The van der Waals surface area contributed by atoms with E-state index >= 15 is 0 Å².